The van der Waals surface area contributed by atoms with E-state index in [1.165, 1.54) is 22.5 Å². The fourth-order valence-corrected chi connectivity index (χ4v) is 3.74. The predicted molar refractivity (Wildman–Crippen MR) is 76.6 cm³/mol. The summed E-state index contributed by atoms with van der Waals surface area (Å²) in [5, 5.41) is 13.8. The van der Waals surface area contributed by atoms with Crippen LogP contribution in [0.25, 0.3) is 0 Å². The molecule has 1 N–H and O–H groups in total. The molecule has 1 aliphatic heterocycles. The van der Waals surface area contributed by atoms with Gasteiger partial charge in [0.15, 0.2) is 0 Å². The smallest absolute Gasteiger partial charge is 0.270 e. The number of nitro benzene ring substituents is 1. The van der Waals surface area contributed by atoms with E-state index < -0.39 is 14.9 Å². The van der Waals surface area contributed by atoms with Crippen LogP contribution in [0.1, 0.15) is 6.92 Å². The van der Waals surface area contributed by atoms with Crippen molar-refractivity contribution in [1.82, 2.24) is 9.62 Å². The van der Waals surface area contributed by atoms with Gasteiger partial charge >= 0.3 is 0 Å². The minimum absolute atomic E-state index is 0. The Morgan fingerprint density at radius 2 is 2.15 bits per heavy atom. The third kappa shape index (κ3) is 3.26. The highest BCUT2D eigenvalue weighted by atomic mass is 35.5. The van der Waals surface area contributed by atoms with Gasteiger partial charge in [0.1, 0.15) is 0 Å². The Morgan fingerprint density at radius 1 is 1.45 bits per heavy atom. The predicted octanol–water partition coefficient (Wildman–Crippen LogP) is 0.999. The number of piperazine rings is 1. The molecule has 1 aromatic rings. The molecule has 0 radical (unpaired) electrons. The van der Waals surface area contributed by atoms with Gasteiger partial charge in [0.25, 0.3) is 5.69 Å². The Kier molecular flexibility index (Phi) is 5.46. The van der Waals surface area contributed by atoms with Crippen molar-refractivity contribution in [3.8, 4) is 0 Å². The van der Waals surface area contributed by atoms with Gasteiger partial charge in [-0.05, 0) is 13.0 Å². The molecule has 1 aromatic carbocycles. The summed E-state index contributed by atoms with van der Waals surface area (Å²) in [5.74, 6) is 0. The monoisotopic (exact) mass is 321 g/mol. The Morgan fingerprint density at radius 3 is 2.75 bits per heavy atom. The van der Waals surface area contributed by atoms with Crippen LogP contribution in [0.2, 0.25) is 0 Å². The zero-order chi connectivity index (χ0) is 14.0. The molecule has 1 aliphatic rings. The zero-order valence-electron chi connectivity index (χ0n) is 10.9. The molecule has 0 saturated carbocycles. The van der Waals surface area contributed by atoms with Gasteiger partial charge in [0, 0.05) is 37.8 Å². The fraction of sp³-hybridized carbons (Fsp3) is 0.455. The van der Waals surface area contributed by atoms with Crippen LogP contribution in [0.5, 0.6) is 0 Å². The van der Waals surface area contributed by atoms with Crippen molar-refractivity contribution in [3.05, 3.63) is 34.4 Å². The van der Waals surface area contributed by atoms with Crippen LogP contribution in [-0.4, -0.2) is 43.3 Å². The number of non-ortho nitro benzene ring substituents is 1. The molecule has 0 aliphatic carbocycles. The first kappa shape index (κ1) is 16.8. The lowest BCUT2D eigenvalue weighted by molar-refractivity contribution is -0.385. The summed E-state index contributed by atoms with van der Waals surface area (Å²) in [6.07, 6.45) is 0. The van der Waals surface area contributed by atoms with Gasteiger partial charge in [-0.3, -0.25) is 10.1 Å². The molecular formula is C11H16ClN3O4S. The number of halogens is 1. The maximum absolute atomic E-state index is 12.4. The van der Waals surface area contributed by atoms with E-state index in [2.05, 4.69) is 5.32 Å². The summed E-state index contributed by atoms with van der Waals surface area (Å²) in [7, 11) is -3.68. The van der Waals surface area contributed by atoms with Crippen LogP contribution in [0.3, 0.4) is 0 Å². The molecular weight excluding hydrogens is 306 g/mol. The van der Waals surface area contributed by atoms with Crippen LogP contribution in [-0.2, 0) is 10.0 Å². The molecule has 9 heteroatoms. The molecule has 1 heterocycles. The van der Waals surface area contributed by atoms with E-state index in [0.717, 1.165) is 6.07 Å². The van der Waals surface area contributed by atoms with Crippen molar-refractivity contribution in [2.24, 2.45) is 0 Å². The number of rotatable bonds is 3. The summed E-state index contributed by atoms with van der Waals surface area (Å²) in [5.41, 5.74) is -0.219. The quantitative estimate of drug-likeness (QED) is 0.662. The van der Waals surface area contributed by atoms with Crippen LogP contribution in [0, 0.1) is 10.1 Å². The highest BCUT2D eigenvalue weighted by Crippen LogP contribution is 2.22. The summed E-state index contributed by atoms with van der Waals surface area (Å²) in [6, 6.07) is 4.98. The number of hydrogen-bond acceptors (Lipinski definition) is 5. The van der Waals surface area contributed by atoms with Crippen LogP contribution in [0.15, 0.2) is 29.2 Å². The van der Waals surface area contributed by atoms with Gasteiger partial charge in [-0.2, -0.15) is 4.31 Å². The van der Waals surface area contributed by atoms with Gasteiger partial charge < -0.3 is 5.32 Å². The lowest BCUT2D eigenvalue weighted by Gasteiger charge is -2.32. The molecule has 20 heavy (non-hydrogen) atoms. The van der Waals surface area contributed by atoms with Crippen LogP contribution < -0.4 is 5.32 Å². The zero-order valence-corrected chi connectivity index (χ0v) is 12.5. The molecule has 0 spiro atoms. The molecule has 0 bridgehead atoms. The Hall–Kier alpha value is -1.22. The maximum Gasteiger partial charge on any atom is 0.270 e. The largest absolute Gasteiger partial charge is 0.314 e. The van der Waals surface area contributed by atoms with Crippen molar-refractivity contribution >= 4 is 28.1 Å². The third-order valence-corrected chi connectivity index (χ3v) is 5.08. The van der Waals surface area contributed by atoms with Crippen molar-refractivity contribution in [2.75, 3.05) is 19.6 Å². The SMILES string of the molecule is C[C@@H]1CNCCN1S(=O)(=O)c1cccc([N+](=O)[O-])c1.Cl. The highest BCUT2D eigenvalue weighted by Gasteiger charge is 2.31. The van der Waals surface area contributed by atoms with Gasteiger partial charge in [-0.15, -0.1) is 12.4 Å². The molecule has 1 fully saturated rings. The average Bonchev–Trinajstić information content (AvgIpc) is 2.39. The molecule has 0 aromatic heterocycles. The van der Waals surface area contributed by atoms with Crippen LogP contribution >= 0.6 is 12.4 Å². The summed E-state index contributed by atoms with van der Waals surface area (Å²) in [6.45, 7) is 3.33. The molecule has 1 atom stereocenters. The Labute approximate surface area is 123 Å². The highest BCUT2D eigenvalue weighted by molar-refractivity contribution is 7.89. The Bertz CT molecular complexity index is 593. The Balaban J connectivity index is 0.00000200. The van der Waals surface area contributed by atoms with E-state index in [1.807, 2.05) is 0 Å². The number of hydrogen-bond donors (Lipinski definition) is 1. The second kappa shape index (κ2) is 6.49. The van der Waals surface area contributed by atoms with E-state index in [-0.39, 0.29) is 29.0 Å². The van der Waals surface area contributed by atoms with Crippen molar-refractivity contribution in [2.45, 2.75) is 17.9 Å². The van der Waals surface area contributed by atoms with Gasteiger partial charge in [0.2, 0.25) is 10.0 Å². The lowest BCUT2D eigenvalue weighted by Crippen LogP contribution is -2.52. The number of nitro groups is 1. The summed E-state index contributed by atoms with van der Waals surface area (Å²) < 4.78 is 26.3. The van der Waals surface area contributed by atoms with E-state index in [0.29, 0.717) is 19.6 Å². The number of sulfonamides is 1. The van der Waals surface area contributed by atoms with Crippen LogP contribution in [0.4, 0.5) is 5.69 Å². The standard InChI is InChI=1S/C11H15N3O4S.ClH/c1-9-8-12-5-6-13(9)19(17,18)11-4-2-3-10(7-11)14(15)16;/h2-4,7,9,12H,5-6,8H2,1H3;1H/t9-;/m1./s1. The molecule has 1 saturated heterocycles. The number of nitrogens with one attached hydrogen (secondary N) is 1. The van der Waals surface area contributed by atoms with Gasteiger partial charge in [-0.1, -0.05) is 6.07 Å². The third-order valence-electron chi connectivity index (χ3n) is 3.08. The molecule has 112 valence electrons. The first-order chi connectivity index (χ1) is 8.93. The minimum atomic E-state index is -3.68. The minimum Gasteiger partial charge on any atom is -0.314 e. The van der Waals surface area contributed by atoms with Crippen molar-refractivity contribution in [1.29, 1.82) is 0 Å². The first-order valence-corrected chi connectivity index (χ1v) is 7.34. The molecule has 7 nitrogen and oxygen atoms in total. The van der Waals surface area contributed by atoms with Crippen molar-refractivity contribution < 1.29 is 13.3 Å². The topological polar surface area (TPSA) is 92.6 Å². The summed E-state index contributed by atoms with van der Waals surface area (Å²) >= 11 is 0. The maximum atomic E-state index is 12.4. The van der Waals surface area contributed by atoms with Crippen molar-refractivity contribution in [3.63, 3.8) is 0 Å². The summed E-state index contributed by atoms with van der Waals surface area (Å²) in [4.78, 5) is 10.1. The fourth-order valence-electron chi connectivity index (χ4n) is 2.07. The van der Waals surface area contributed by atoms with E-state index in [4.69, 9.17) is 0 Å². The second-order valence-corrected chi connectivity index (χ2v) is 6.31. The number of benzene rings is 1. The first-order valence-electron chi connectivity index (χ1n) is 5.90. The lowest BCUT2D eigenvalue weighted by atomic mass is 10.3. The van der Waals surface area contributed by atoms with E-state index in [1.54, 1.807) is 6.92 Å². The van der Waals surface area contributed by atoms with E-state index in [9.17, 15) is 18.5 Å². The molecule has 2 rings (SSSR count). The van der Waals surface area contributed by atoms with Gasteiger partial charge in [-0.25, -0.2) is 8.42 Å². The van der Waals surface area contributed by atoms with Gasteiger partial charge in [0.05, 0.1) is 9.82 Å². The average molecular weight is 322 g/mol. The second-order valence-electron chi connectivity index (χ2n) is 4.42. The molecule has 0 unspecified atom stereocenters. The van der Waals surface area contributed by atoms with E-state index >= 15 is 0 Å². The number of nitrogens with zero attached hydrogens (tertiary/aromatic N) is 2. The molecule has 0 amide bonds. The normalized spacial score (nSPS) is 20.1.